The summed E-state index contributed by atoms with van der Waals surface area (Å²) < 4.78 is 5.49. The van der Waals surface area contributed by atoms with Crippen LogP contribution in [0, 0.1) is 0 Å². The lowest BCUT2D eigenvalue weighted by Crippen LogP contribution is -2.41. The van der Waals surface area contributed by atoms with E-state index in [-0.39, 0.29) is 24.2 Å². The molecule has 1 saturated heterocycles. The maximum atomic E-state index is 12.2. The van der Waals surface area contributed by atoms with Crippen molar-refractivity contribution in [2.45, 2.75) is 24.8 Å². The minimum absolute atomic E-state index is 0.0165. The number of carboxylic acids is 1. The third-order valence-electron chi connectivity index (χ3n) is 5.94. The van der Waals surface area contributed by atoms with Crippen LogP contribution in [0.25, 0.3) is 11.1 Å². The SMILES string of the molecule is O=C(NCCSCC(=O)N1CCC[C@@H]1C(=O)O)OCC1c2ccccc2-c2ccccc21. The molecular weight excluding hydrogens is 428 g/mol. The van der Waals surface area contributed by atoms with E-state index in [0.29, 0.717) is 25.3 Å². The van der Waals surface area contributed by atoms with E-state index in [4.69, 9.17) is 4.74 Å². The van der Waals surface area contributed by atoms with Crippen LogP contribution >= 0.6 is 11.8 Å². The van der Waals surface area contributed by atoms with E-state index >= 15 is 0 Å². The molecule has 0 spiro atoms. The van der Waals surface area contributed by atoms with Gasteiger partial charge in [-0.1, -0.05) is 48.5 Å². The Morgan fingerprint density at radius 2 is 1.72 bits per heavy atom. The Bertz CT molecular complexity index is 966. The van der Waals surface area contributed by atoms with Crippen molar-refractivity contribution in [3.8, 4) is 11.1 Å². The number of nitrogens with zero attached hydrogens (tertiary/aromatic N) is 1. The molecule has 2 aromatic rings. The summed E-state index contributed by atoms with van der Waals surface area (Å²) in [5, 5.41) is 11.9. The highest BCUT2D eigenvalue weighted by molar-refractivity contribution is 7.99. The summed E-state index contributed by atoms with van der Waals surface area (Å²) in [6, 6.07) is 15.6. The van der Waals surface area contributed by atoms with Gasteiger partial charge in [0.15, 0.2) is 0 Å². The summed E-state index contributed by atoms with van der Waals surface area (Å²) >= 11 is 1.37. The second-order valence-electron chi connectivity index (χ2n) is 7.89. The van der Waals surface area contributed by atoms with Gasteiger partial charge in [-0.05, 0) is 35.1 Å². The molecular formula is C24H26N2O5S. The number of alkyl carbamates (subject to hydrolysis) is 1. The van der Waals surface area contributed by atoms with E-state index in [1.54, 1.807) is 0 Å². The van der Waals surface area contributed by atoms with Gasteiger partial charge in [0.2, 0.25) is 5.91 Å². The maximum absolute atomic E-state index is 12.2. The van der Waals surface area contributed by atoms with Gasteiger partial charge in [0.25, 0.3) is 0 Å². The fourth-order valence-electron chi connectivity index (χ4n) is 4.44. The molecule has 1 fully saturated rings. The van der Waals surface area contributed by atoms with Crippen LogP contribution in [0.3, 0.4) is 0 Å². The van der Waals surface area contributed by atoms with Gasteiger partial charge >= 0.3 is 12.1 Å². The molecule has 2 amide bonds. The monoisotopic (exact) mass is 454 g/mol. The fourth-order valence-corrected chi connectivity index (χ4v) is 5.17. The second kappa shape index (κ2) is 10.1. The molecule has 0 saturated carbocycles. The number of nitrogens with one attached hydrogen (secondary N) is 1. The van der Waals surface area contributed by atoms with Crippen LogP contribution in [0.1, 0.15) is 29.9 Å². The van der Waals surface area contributed by atoms with E-state index in [1.165, 1.54) is 27.8 Å². The van der Waals surface area contributed by atoms with Crippen molar-refractivity contribution < 1.29 is 24.2 Å². The highest BCUT2D eigenvalue weighted by atomic mass is 32.2. The topological polar surface area (TPSA) is 95.9 Å². The lowest BCUT2D eigenvalue weighted by Gasteiger charge is -2.21. The lowest BCUT2D eigenvalue weighted by molar-refractivity contribution is -0.147. The fraction of sp³-hybridized carbons (Fsp3) is 0.375. The average molecular weight is 455 g/mol. The average Bonchev–Trinajstić information content (AvgIpc) is 3.41. The number of hydrogen-bond donors (Lipinski definition) is 2. The largest absolute Gasteiger partial charge is 0.480 e. The normalized spacial score (nSPS) is 17.0. The Balaban J connectivity index is 1.19. The molecule has 0 radical (unpaired) electrons. The first-order valence-corrected chi connectivity index (χ1v) is 11.9. The number of fused-ring (bicyclic) bond motifs is 3. The molecule has 1 heterocycles. The van der Waals surface area contributed by atoms with Crippen LogP contribution < -0.4 is 5.32 Å². The molecule has 2 N–H and O–H groups in total. The zero-order valence-corrected chi connectivity index (χ0v) is 18.5. The summed E-state index contributed by atoms with van der Waals surface area (Å²) in [7, 11) is 0. The van der Waals surface area contributed by atoms with Gasteiger partial charge in [-0.3, -0.25) is 4.79 Å². The van der Waals surface area contributed by atoms with Crippen molar-refractivity contribution in [2.24, 2.45) is 0 Å². The maximum Gasteiger partial charge on any atom is 0.407 e. The number of amides is 2. The molecule has 2 aliphatic rings. The molecule has 1 aliphatic carbocycles. The Morgan fingerprint density at radius 1 is 1.06 bits per heavy atom. The molecule has 32 heavy (non-hydrogen) atoms. The minimum Gasteiger partial charge on any atom is -0.480 e. The summed E-state index contributed by atoms with van der Waals surface area (Å²) in [5.41, 5.74) is 4.69. The first-order chi connectivity index (χ1) is 15.6. The molecule has 1 aliphatic heterocycles. The number of ether oxygens (including phenoxy) is 1. The van der Waals surface area contributed by atoms with E-state index < -0.39 is 18.1 Å². The molecule has 0 bridgehead atoms. The molecule has 4 rings (SSSR count). The number of thioether (sulfide) groups is 1. The van der Waals surface area contributed by atoms with Gasteiger partial charge < -0.3 is 20.1 Å². The first-order valence-electron chi connectivity index (χ1n) is 10.7. The number of rotatable bonds is 8. The van der Waals surface area contributed by atoms with Gasteiger partial charge in [-0.15, -0.1) is 0 Å². The second-order valence-corrected chi connectivity index (χ2v) is 8.99. The van der Waals surface area contributed by atoms with Crippen LogP contribution in [-0.2, 0) is 14.3 Å². The third kappa shape index (κ3) is 4.75. The third-order valence-corrected chi connectivity index (χ3v) is 6.89. The predicted molar refractivity (Wildman–Crippen MR) is 123 cm³/mol. The van der Waals surface area contributed by atoms with Crippen LogP contribution in [0.4, 0.5) is 4.79 Å². The molecule has 168 valence electrons. The van der Waals surface area contributed by atoms with Crippen molar-refractivity contribution in [3.63, 3.8) is 0 Å². The predicted octanol–water partition coefficient (Wildman–Crippen LogP) is 3.33. The van der Waals surface area contributed by atoms with Crippen molar-refractivity contribution in [1.82, 2.24) is 10.2 Å². The number of carbonyl (C=O) groups is 3. The van der Waals surface area contributed by atoms with E-state index in [9.17, 15) is 19.5 Å². The Morgan fingerprint density at radius 3 is 2.38 bits per heavy atom. The molecule has 7 nitrogen and oxygen atoms in total. The number of aliphatic carboxylic acids is 1. The summed E-state index contributed by atoms with van der Waals surface area (Å²) in [6.07, 6.45) is 0.746. The minimum atomic E-state index is -0.947. The molecule has 8 heteroatoms. The molecule has 1 atom stereocenters. The number of carboxylic acid groups (broad SMARTS) is 1. The molecule has 0 aromatic heterocycles. The molecule has 2 aromatic carbocycles. The van der Waals surface area contributed by atoms with Crippen molar-refractivity contribution >= 4 is 29.7 Å². The van der Waals surface area contributed by atoms with Crippen LogP contribution in [0.15, 0.2) is 48.5 Å². The number of benzene rings is 2. The zero-order chi connectivity index (χ0) is 22.5. The van der Waals surface area contributed by atoms with Gasteiger partial charge in [0.1, 0.15) is 12.6 Å². The van der Waals surface area contributed by atoms with Gasteiger partial charge in [0, 0.05) is 24.8 Å². The number of likely N-dealkylation sites (tertiary alicyclic amines) is 1. The summed E-state index contributed by atoms with van der Waals surface area (Å²) in [5.74, 6) is -0.348. The van der Waals surface area contributed by atoms with Crippen LogP contribution in [-0.4, -0.2) is 65.2 Å². The van der Waals surface area contributed by atoms with Crippen LogP contribution in [0.5, 0.6) is 0 Å². The highest BCUT2D eigenvalue weighted by Gasteiger charge is 2.33. The number of hydrogen-bond acceptors (Lipinski definition) is 5. The van der Waals surface area contributed by atoms with E-state index in [2.05, 4.69) is 29.6 Å². The van der Waals surface area contributed by atoms with Gasteiger partial charge in [-0.2, -0.15) is 11.8 Å². The van der Waals surface area contributed by atoms with Crippen LogP contribution in [0.2, 0.25) is 0 Å². The summed E-state index contributed by atoms with van der Waals surface area (Å²) in [6.45, 7) is 1.13. The Kier molecular flexibility index (Phi) is 6.99. The van der Waals surface area contributed by atoms with Gasteiger partial charge in [0.05, 0.1) is 5.75 Å². The van der Waals surface area contributed by atoms with Gasteiger partial charge in [-0.25, -0.2) is 9.59 Å². The summed E-state index contributed by atoms with van der Waals surface area (Å²) in [4.78, 5) is 37.0. The Hall–Kier alpha value is -3.00. The van der Waals surface area contributed by atoms with Crippen molar-refractivity contribution in [1.29, 1.82) is 0 Å². The Labute approximate surface area is 191 Å². The standard InChI is InChI=1S/C24H26N2O5S/c27-22(26-12-5-10-21(26)23(28)29)15-32-13-11-25-24(30)31-14-20-18-8-3-1-6-16(18)17-7-2-4-9-19(17)20/h1-4,6-9,20-21H,5,10-15H2,(H,25,30)(H,28,29)/t21-/m1/s1. The van der Waals surface area contributed by atoms with Crippen molar-refractivity contribution in [2.75, 3.05) is 31.2 Å². The van der Waals surface area contributed by atoms with E-state index in [0.717, 1.165) is 17.5 Å². The first kappa shape index (κ1) is 22.2. The highest BCUT2D eigenvalue weighted by Crippen LogP contribution is 2.44. The van der Waals surface area contributed by atoms with E-state index in [1.807, 2.05) is 24.3 Å². The molecule has 0 unspecified atom stereocenters. The smallest absolute Gasteiger partial charge is 0.407 e. The lowest BCUT2D eigenvalue weighted by atomic mass is 9.98. The quantitative estimate of drug-likeness (QED) is 0.594. The van der Waals surface area contributed by atoms with Crippen molar-refractivity contribution in [3.05, 3.63) is 59.7 Å². The zero-order valence-electron chi connectivity index (χ0n) is 17.7. The number of carbonyl (C=O) groups excluding carboxylic acids is 2.